The van der Waals surface area contributed by atoms with Crippen molar-refractivity contribution >= 4 is 21.4 Å². The maximum absolute atomic E-state index is 12.2. The van der Waals surface area contributed by atoms with Gasteiger partial charge in [0.15, 0.2) is 9.84 Å². The van der Waals surface area contributed by atoms with Crippen LogP contribution in [0.15, 0.2) is 35.2 Å². The first-order valence-corrected chi connectivity index (χ1v) is 8.13. The van der Waals surface area contributed by atoms with Crippen LogP contribution in [0, 0.1) is 11.8 Å². The number of aliphatic hydroxyl groups excluding tert-OH is 1. The SMILES string of the molecule is C[C@@H](CO)C[C@H](CCl)CS(=O)(=O)c1ccccc1. The minimum absolute atomic E-state index is 0.0326. The van der Waals surface area contributed by atoms with Crippen LogP contribution < -0.4 is 0 Å². The third-order valence-corrected chi connectivity index (χ3v) is 5.16. The summed E-state index contributed by atoms with van der Waals surface area (Å²) in [6, 6.07) is 8.38. The van der Waals surface area contributed by atoms with Crippen molar-refractivity contribution < 1.29 is 13.5 Å². The number of aliphatic hydroxyl groups is 1. The van der Waals surface area contributed by atoms with E-state index in [9.17, 15) is 8.42 Å². The lowest BCUT2D eigenvalue weighted by atomic mass is 10.00. The summed E-state index contributed by atoms with van der Waals surface area (Å²) >= 11 is 5.82. The molecule has 0 aliphatic carbocycles. The second-order valence-corrected chi connectivity index (χ2v) is 6.98. The normalized spacial score (nSPS) is 15.3. The first kappa shape index (κ1) is 15.5. The Labute approximate surface area is 114 Å². The number of sulfone groups is 1. The largest absolute Gasteiger partial charge is 0.396 e. The van der Waals surface area contributed by atoms with Crippen molar-refractivity contribution in [1.29, 1.82) is 0 Å². The van der Waals surface area contributed by atoms with Gasteiger partial charge in [-0.15, -0.1) is 11.6 Å². The predicted molar refractivity (Wildman–Crippen MR) is 73.6 cm³/mol. The van der Waals surface area contributed by atoms with Crippen LogP contribution in [-0.2, 0) is 9.84 Å². The molecule has 0 saturated carbocycles. The van der Waals surface area contributed by atoms with Gasteiger partial charge in [-0.05, 0) is 30.4 Å². The molecule has 0 aliphatic rings. The van der Waals surface area contributed by atoms with Crippen LogP contribution in [-0.4, -0.2) is 31.8 Å². The molecule has 5 heteroatoms. The van der Waals surface area contributed by atoms with E-state index in [0.29, 0.717) is 11.3 Å². The summed E-state index contributed by atoms with van der Waals surface area (Å²) in [7, 11) is -3.29. The van der Waals surface area contributed by atoms with Crippen molar-refractivity contribution in [1.82, 2.24) is 0 Å². The van der Waals surface area contributed by atoms with Gasteiger partial charge in [0.2, 0.25) is 0 Å². The molecule has 0 fully saturated rings. The third-order valence-electron chi connectivity index (χ3n) is 2.82. The molecule has 1 N–H and O–H groups in total. The van der Waals surface area contributed by atoms with Crippen molar-refractivity contribution in [3.05, 3.63) is 30.3 Å². The summed E-state index contributed by atoms with van der Waals surface area (Å²) < 4.78 is 24.3. The summed E-state index contributed by atoms with van der Waals surface area (Å²) in [5, 5.41) is 9.00. The van der Waals surface area contributed by atoms with Gasteiger partial charge in [-0.2, -0.15) is 0 Å². The average Bonchev–Trinajstić information content (AvgIpc) is 2.38. The fourth-order valence-corrected chi connectivity index (χ4v) is 3.86. The van der Waals surface area contributed by atoms with Gasteiger partial charge >= 0.3 is 0 Å². The molecule has 1 aromatic rings. The zero-order valence-corrected chi connectivity index (χ0v) is 12.0. The van der Waals surface area contributed by atoms with E-state index in [0.717, 1.165) is 0 Å². The molecule has 1 aromatic carbocycles. The maximum Gasteiger partial charge on any atom is 0.178 e. The number of benzene rings is 1. The number of hydrogen-bond donors (Lipinski definition) is 1. The van der Waals surface area contributed by atoms with Crippen LogP contribution >= 0.6 is 11.6 Å². The van der Waals surface area contributed by atoms with E-state index in [4.69, 9.17) is 16.7 Å². The first-order valence-electron chi connectivity index (χ1n) is 5.94. The van der Waals surface area contributed by atoms with Crippen LogP contribution in [0.25, 0.3) is 0 Å². The molecule has 0 bridgehead atoms. The summed E-state index contributed by atoms with van der Waals surface area (Å²) in [5.74, 6) is 0.264. The van der Waals surface area contributed by atoms with E-state index >= 15 is 0 Å². The molecule has 0 aliphatic heterocycles. The predicted octanol–water partition coefficient (Wildman–Crippen LogP) is 2.33. The first-order chi connectivity index (χ1) is 8.49. The Bertz CT molecular complexity index is 445. The van der Waals surface area contributed by atoms with Gasteiger partial charge in [0.05, 0.1) is 10.6 Å². The van der Waals surface area contributed by atoms with Crippen molar-refractivity contribution in [2.45, 2.75) is 18.2 Å². The lowest BCUT2D eigenvalue weighted by molar-refractivity contribution is 0.219. The molecule has 2 atom stereocenters. The average molecular weight is 291 g/mol. The standard InChI is InChI=1S/C13H19ClO3S/c1-11(9-15)7-12(8-14)10-18(16,17)13-5-3-2-4-6-13/h2-6,11-12,15H,7-10H2,1H3/t11-,12-/m1/s1. The Kier molecular flexibility index (Phi) is 6.12. The Morgan fingerprint density at radius 1 is 1.28 bits per heavy atom. The highest BCUT2D eigenvalue weighted by Gasteiger charge is 2.22. The minimum atomic E-state index is -3.29. The summed E-state index contributed by atoms with van der Waals surface area (Å²) in [6.45, 7) is 1.94. The van der Waals surface area contributed by atoms with Gasteiger partial charge in [-0.25, -0.2) is 8.42 Å². The Morgan fingerprint density at radius 3 is 2.39 bits per heavy atom. The Balaban J connectivity index is 2.75. The number of alkyl halides is 1. The van der Waals surface area contributed by atoms with Gasteiger partial charge in [0, 0.05) is 12.5 Å². The molecule has 0 amide bonds. The zero-order chi connectivity index (χ0) is 13.6. The van der Waals surface area contributed by atoms with Crippen LogP contribution in [0.1, 0.15) is 13.3 Å². The third kappa shape index (κ3) is 4.59. The highest BCUT2D eigenvalue weighted by atomic mass is 35.5. The molecule has 0 radical (unpaired) electrons. The fraction of sp³-hybridized carbons (Fsp3) is 0.538. The van der Waals surface area contributed by atoms with Gasteiger partial charge in [0.1, 0.15) is 0 Å². The Morgan fingerprint density at radius 2 is 1.89 bits per heavy atom. The topological polar surface area (TPSA) is 54.4 Å². The van der Waals surface area contributed by atoms with Gasteiger partial charge < -0.3 is 5.11 Å². The Hall–Kier alpha value is -0.580. The molecular weight excluding hydrogens is 272 g/mol. The maximum atomic E-state index is 12.2. The van der Waals surface area contributed by atoms with Crippen LogP contribution in [0.3, 0.4) is 0 Å². The molecule has 1 rings (SSSR count). The fourth-order valence-electron chi connectivity index (χ4n) is 1.85. The van der Waals surface area contributed by atoms with Crippen LogP contribution in [0.2, 0.25) is 0 Å². The van der Waals surface area contributed by atoms with Gasteiger partial charge in [-0.3, -0.25) is 0 Å². The number of hydrogen-bond acceptors (Lipinski definition) is 3. The smallest absolute Gasteiger partial charge is 0.178 e. The second kappa shape index (κ2) is 7.12. The second-order valence-electron chi connectivity index (χ2n) is 4.64. The minimum Gasteiger partial charge on any atom is -0.396 e. The molecule has 0 unspecified atom stereocenters. The van der Waals surface area contributed by atoms with E-state index < -0.39 is 9.84 Å². The number of rotatable bonds is 7. The molecule has 0 aromatic heterocycles. The van der Waals surface area contributed by atoms with Crippen molar-refractivity contribution in [3.8, 4) is 0 Å². The lowest BCUT2D eigenvalue weighted by Crippen LogP contribution is -2.21. The molecule has 0 heterocycles. The monoisotopic (exact) mass is 290 g/mol. The highest BCUT2D eigenvalue weighted by Crippen LogP contribution is 2.20. The molecule has 102 valence electrons. The van der Waals surface area contributed by atoms with E-state index in [1.807, 2.05) is 6.92 Å². The lowest BCUT2D eigenvalue weighted by Gasteiger charge is -2.17. The van der Waals surface area contributed by atoms with E-state index in [1.54, 1.807) is 30.3 Å². The van der Waals surface area contributed by atoms with Crippen LogP contribution in [0.5, 0.6) is 0 Å². The summed E-state index contributed by atoms with van der Waals surface area (Å²) in [4.78, 5) is 0.330. The van der Waals surface area contributed by atoms with E-state index in [2.05, 4.69) is 0 Å². The van der Waals surface area contributed by atoms with Crippen molar-refractivity contribution in [3.63, 3.8) is 0 Å². The molecule has 0 spiro atoms. The molecular formula is C13H19ClO3S. The van der Waals surface area contributed by atoms with Gasteiger partial charge in [0.25, 0.3) is 0 Å². The molecule has 0 saturated heterocycles. The van der Waals surface area contributed by atoms with Gasteiger partial charge in [-0.1, -0.05) is 25.1 Å². The zero-order valence-electron chi connectivity index (χ0n) is 10.4. The molecule has 18 heavy (non-hydrogen) atoms. The van der Waals surface area contributed by atoms with E-state index in [1.165, 1.54) is 0 Å². The van der Waals surface area contributed by atoms with Crippen LogP contribution in [0.4, 0.5) is 0 Å². The number of halogens is 1. The quantitative estimate of drug-likeness (QED) is 0.784. The van der Waals surface area contributed by atoms with Crippen molar-refractivity contribution in [2.75, 3.05) is 18.2 Å². The van der Waals surface area contributed by atoms with E-state index in [-0.39, 0.29) is 30.1 Å². The van der Waals surface area contributed by atoms with Crippen molar-refractivity contribution in [2.24, 2.45) is 11.8 Å². The molecule has 3 nitrogen and oxygen atoms in total. The summed E-state index contributed by atoms with van der Waals surface area (Å²) in [6.07, 6.45) is 0.617. The highest BCUT2D eigenvalue weighted by molar-refractivity contribution is 7.91. The summed E-state index contributed by atoms with van der Waals surface area (Å²) in [5.41, 5.74) is 0.